The van der Waals surface area contributed by atoms with Crippen LogP contribution in [0.4, 0.5) is 0 Å². The first-order chi connectivity index (χ1) is 13.4. The van der Waals surface area contributed by atoms with Gasteiger partial charge in [0.05, 0.1) is 5.36 Å². The van der Waals surface area contributed by atoms with Crippen LogP contribution in [0.15, 0.2) is 83.9 Å². The van der Waals surface area contributed by atoms with E-state index in [-0.39, 0.29) is 23.2 Å². The highest BCUT2D eigenvalue weighted by Gasteiger charge is 2.39. The number of nitrogens with zero attached hydrogens (tertiary/aromatic N) is 1. The highest BCUT2D eigenvalue weighted by molar-refractivity contribution is 5.97. The van der Waals surface area contributed by atoms with Crippen molar-refractivity contribution in [2.45, 2.75) is 32.6 Å². The molecule has 3 heteroatoms. The fourth-order valence-corrected chi connectivity index (χ4v) is 4.01. The lowest BCUT2D eigenvalue weighted by atomic mass is 9.63. The smallest absolute Gasteiger partial charge is 0.277 e. The average molecular weight is 373 g/mol. The molecular weight excluding hydrogens is 344 g/mol. The van der Waals surface area contributed by atoms with Crippen LogP contribution in [-0.4, -0.2) is 12.5 Å². The first-order valence-corrected chi connectivity index (χ1v) is 9.73. The van der Waals surface area contributed by atoms with Crippen molar-refractivity contribution in [3.8, 4) is 0 Å². The molecule has 2 bridgehead atoms. The van der Waals surface area contributed by atoms with E-state index in [1.54, 1.807) is 0 Å². The minimum Gasteiger partial charge on any atom is -0.330 e. The maximum Gasteiger partial charge on any atom is 0.277 e. The summed E-state index contributed by atoms with van der Waals surface area (Å²) in [6.07, 6.45) is 0. The van der Waals surface area contributed by atoms with E-state index in [1.165, 1.54) is 0 Å². The van der Waals surface area contributed by atoms with Crippen LogP contribution in [0.1, 0.15) is 54.1 Å². The highest BCUT2D eigenvalue weighted by Crippen LogP contribution is 2.50. The van der Waals surface area contributed by atoms with Crippen molar-refractivity contribution >= 4 is 5.91 Å². The molecular formula is C25H28N2O. The molecule has 2 aliphatic carbocycles. The molecule has 0 heterocycles. The summed E-state index contributed by atoms with van der Waals surface area (Å²) in [7, 11) is 0. The van der Waals surface area contributed by atoms with Crippen LogP contribution in [0.25, 0.3) is 0 Å². The van der Waals surface area contributed by atoms with E-state index in [0.29, 0.717) is 17.5 Å². The molecule has 2 atom stereocenters. The molecule has 1 amide bonds. The van der Waals surface area contributed by atoms with E-state index in [1.807, 2.05) is 66.7 Å². The Morgan fingerprint density at radius 1 is 0.929 bits per heavy atom. The van der Waals surface area contributed by atoms with E-state index < -0.39 is 0 Å². The molecule has 28 heavy (non-hydrogen) atoms. The van der Waals surface area contributed by atoms with Crippen molar-refractivity contribution in [1.29, 1.82) is 0 Å². The van der Waals surface area contributed by atoms with Crippen LogP contribution in [0.2, 0.25) is 0 Å². The molecule has 2 N–H and O–H groups in total. The summed E-state index contributed by atoms with van der Waals surface area (Å²) in [6.45, 7) is 7.20. The lowest BCUT2D eigenvalue weighted by molar-refractivity contribution is 0.0994. The molecule has 4 rings (SSSR count). The minimum atomic E-state index is -0.202. The fraction of sp³-hybridized carbons (Fsp3) is 0.280. The Bertz CT molecular complexity index is 955. The van der Waals surface area contributed by atoms with E-state index in [2.05, 4.69) is 37.9 Å². The predicted octanol–water partition coefficient (Wildman–Crippen LogP) is 4.74. The van der Waals surface area contributed by atoms with Crippen LogP contribution < -0.4 is 11.1 Å². The van der Waals surface area contributed by atoms with Crippen LogP contribution in [-0.2, 0) is 0 Å². The second kappa shape index (κ2) is 8.49. The molecule has 0 radical (unpaired) electrons. The van der Waals surface area contributed by atoms with Crippen molar-refractivity contribution < 1.29 is 4.79 Å². The molecule has 144 valence electrons. The molecule has 0 aromatic heterocycles. The third kappa shape index (κ3) is 4.37. The second-order valence-corrected chi connectivity index (χ2v) is 8.25. The molecule has 2 unspecified atom stereocenters. The van der Waals surface area contributed by atoms with Gasteiger partial charge >= 0.3 is 0 Å². The maximum atomic E-state index is 13.1. The van der Waals surface area contributed by atoms with Gasteiger partial charge in [0, 0.05) is 11.5 Å². The van der Waals surface area contributed by atoms with Gasteiger partial charge in [-0.25, -0.2) is 4.99 Å². The van der Waals surface area contributed by atoms with Gasteiger partial charge in [0.1, 0.15) is 0 Å². The summed E-state index contributed by atoms with van der Waals surface area (Å²) in [5.41, 5.74) is 8.97. The number of hydrogen-bond acceptors (Lipinski definition) is 2. The summed E-state index contributed by atoms with van der Waals surface area (Å²) in [5.74, 6) is 0.272. The monoisotopic (exact) mass is 372 g/mol. The van der Waals surface area contributed by atoms with Gasteiger partial charge in [0.25, 0.3) is 5.91 Å². The molecule has 2 aromatic carbocycles. The van der Waals surface area contributed by atoms with E-state index in [0.717, 1.165) is 11.1 Å². The van der Waals surface area contributed by atoms with Gasteiger partial charge in [-0.3, -0.25) is 4.79 Å². The van der Waals surface area contributed by atoms with Crippen LogP contribution in [0.5, 0.6) is 0 Å². The zero-order valence-electron chi connectivity index (χ0n) is 16.8. The number of carbonyl (C=O) groups excluding carboxylic acids is 1. The summed E-state index contributed by atoms with van der Waals surface area (Å²) in [6, 6.07) is 25.2. The van der Waals surface area contributed by atoms with Crippen molar-refractivity contribution in [1.82, 2.24) is 0 Å². The Morgan fingerprint density at radius 3 is 2.04 bits per heavy atom. The maximum absolute atomic E-state index is 13.1. The molecule has 2 aromatic rings. The van der Waals surface area contributed by atoms with Crippen molar-refractivity contribution in [3.05, 3.63) is 101 Å². The van der Waals surface area contributed by atoms with E-state index in [9.17, 15) is 4.79 Å². The minimum absolute atomic E-state index is 0.0133. The van der Waals surface area contributed by atoms with Crippen molar-refractivity contribution in [3.63, 3.8) is 0 Å². The van der Waals surface area contributed by atoms with Gasteiger partial charge in [-0.05, 0) is 47.2 Å². The van der Waals surface area contributed by atoms with Gasteiger partial charge in [-0.2, -0.15) is 0 Å². The normalized spacial score (nSPS) is 17.6. The molecule has 2 aliphatic rings. The molecule has 0 fully saturated rings. The average Bonchev–Trinajstić information content (AvgIpc) is 2.73. The van der Waals surface area contributed by atoms with Crippen LogP contribution in [0, 0.1) is 5.41 Å². The van der Waals surface area contributed by atoms with Gasteiger partial charge in [-0.1, -0.05) is 81.4 Å². The third-order valence-corrected chi connectivity index (χ3v) is 5.20. The van der Waals surface area contributed by atoms with E-state index >= 15 is 0 Å². The molecule has 0 spiro atoms. The van der Waals surface area contributed by atoms with E-state index in [4.69, 9.17) is 5.73 Å². The molecule has 3 nitrogen and oxygen atoms in total. The van der Waals surface area contributed by atoms with Gasteiger partial charge in [0.15, 0.2) is 0 Å². The first kappa shape index (κ1) is 20.0. The number of benzene rings is 1. The number of nitrogens with two attached hydrogens (primary N) is 1. The first-order valence-electron chi connectivity index (χ1n) is 9.73. The zero-order valence-corrected chi connectivity index (χ0v) is 16.8. The summed E-state index contributed by atoms with van der Waals surface area (Å²) in [4.78, 5) is 17.5. The largest absolute Gasteiger partial charge is 0.330 e. The van der Waals surface area contributed by atoms with Crippen LogP contribution >= 0.6 is 0 Å². The highest BCUT2D eigenvalue weighted by atomic mass is 16.1. The topological polar surface area (TPSA) is 55.5 Å². The van der Waals surface area contributed by atoms with Gasteiger partial charge in [-0.15, -0.1) is 0 Å². The Morgan fingerprint density at radius 2 is 1.50 bits per heavy atom. The van der Waals surface area contributed by atoms with Gasteiger partial charge in [0.2, 0.25) is 0 Å². The summed E-state index contributed by atoms with van der Waals surface area (Å²) < 4.78 is 0. The number of amides is 1. The number of carbonyl (C=O) groups is 1. The van der Waals surface area contributed by atoms with Crippen molar-refractivity contribution in [2.75, 3.05) is 6.54 Å². The standard InChI is InChI=1S/C25H28N2O/c1-25(2,3)23-20-15-14-18(22(23)17-26)16-21(20)24(28)27-19-12-10-8-6-4-5-7-9-11-13-19/h4-16,22-23H,17,26H2,1-3H3. The fourth-order valence-electron chi connectivity index (χ4n) is 4.01. The number of fused-ring (bicyclic) bond motifs is 3. The molecule has 0 aliphatic heterocycles. The predicted molar refractivity (Wildman–Crippen MR) is 114 cm³/mol. The number of hydrogen-bond donors (Lipinski definition) is 1. The Hall–Kier alpha value is -2.78. The van der Waals surface area contributed by atoms with Gasteiger partial charge < -0.3 is 5.73 Å². The second-order valence-electron chi connectivity index (χ2n) is 8.25. The molecule has 0 saturated carbocycles. The summed E-state index contributed by atoms with van der Waals surface area (Å²) >= 11 is 0. The third-order valence-electron chi connectivity index (χ3n) is 5.20. The number of rotatable bonds is 2. The Kier molecular flexibility index (Phi) is 6.05. The van der Waals surface area contributed by atoms with Crippen molar-refractivity contribution in [2.24, 2.45) is 16.1 Å². The summed E-state index contributed by atoms with van der Waals surface area (Å²) in [5, 5.41) is 0.626. The molecule has 0 saturated heterocycles. The lowest BCUT2D eigenvalue weighted by Gasteiger charge is -2.42. The quantitative estimate of drug-likeness (QED) is 0.828. The Balaban J connectivity index is 2.09. The lowest BCUT2D eigenvalue weighted by Crippen LogP contribution is -2.34. The SMILES string of the molecule is CC(C)(C)C1c2ccc(cc2C(=O)N=c2cccccccccc2)C1CN. The zero-order chi connectivity index (χ0) is 20.1. The van der Waals surface area contributed by atoms with Crippen LogP contribution in [0.3, 0.4) is 0 Å². The Labute approximate surface area is 167 Å².